The Morgan fingerprint density at radius 2 is 1.38 bits per heavy atom. The van der Waals surface area contributed by atoms with E-state index in [1.54, 1.807) is 31.4 Å². The first kappa shape index (κ1) is 13.5. The molecule has 106 valence electrons. The van der Waals surface area contributed by atoms with Gasteiger partial charge in [0.05, 0.1) is 24.3 Å². The topological polar surface area (TPSA) is 46.6 Å². The van der Waals surface area contributed by atoms with Crippen molar-refractivity contribution < 1.29 is 14.3 Å². The van der Waals surface area contributed by atoms with E-state index in [0.29, 0.717) is 17.7 Å². The second-order valence-electron chi connectivity index (χ2n) is 4.94. The second-order valence-corrected chi connectivity index (χ2v) is 4.94. The van der Waals surface area contributed by atoms with Gasteiger partial charge in [-0.2, -0.15) is 0 Å². The number of imide groups is 1. The number of carbonyl (C=O) groups is 2. The maximum Gasteiger partial charge on any atom is 0.261 e. The lowest BCUT2D eigenvalue weighted by Gasteiger charge is -2.16. The van der Waals surface area contributed by atoms with Gasteiger partial charge in [-0.05, 0) is 23.3 Å². The highest BCUT2D eigenvalue weighted by Crippen LogP contribution is 2.25. The zero-order chi connectivity index (χ0) is 14.8. The number of methoxy groups -OCH3 is 1. The molecule has 0 atom stereocenters. The SMILES string of the molecule is COCc1ccccc1CN1C(=O)c2ccccc2C1=O. The molecule has 0 aromatic heterocycles. The van der Waals surface area contributed by atoms with Crippen molar-refractivity contribution in [3.63, 3.8) is 0 Å². The number of amides is 2. The van der Waals surface area contributed by atoms with Crippen LogP contribution in [-0.2, 0) is 17.9 Å². The van der Waals surface area contributed by atoms with Gasteiger partial charge >= 0.3 is 0 Å². The fourth-order valence-corrected chi connectivity index (χ4v) is 2.56. The van der Waals surface area contributed by atoms with Crippen LogP contribution >= 0.6 is 0 Å². The van der Waals surface area contributed by atoms with Crippen LogP contribution in [0, 0.1) is 0 Å². The third-order valence-corrected chi connectivity index (χ3v) is 3.62. The van der Waals surface area contributed by atoms with Crippen molar-refractivity contribution in [3.05, 3.63) is 70.8 Å². The highest BCUT2D eigenvalue weighted by Gasteiger charge is 2.35. The molecule has 4 nitrogen and oxygen atoms in total. The molecule has 21 heavy (non-hydrogen) atoms. The zero-order valence-corrected chi connectivity index (χ0v) is 11.7. The summed E-state index contributed by atoms with van der Waals surface area (Å²) in [4.78, 5) is 26.0. The molecule has 3 rings (SSSR count). The van der Waals surface area contributed by atoms with Gasteiger partial charge in [0.2, 0.25) is 0 Å². The average molecular weight is 281 g/mol. The first-order chi connectivity index (χ1) is 10.2. The molecular weight excluding hydrogens is 266 g/mol. The Hall–Kier alpha value is -2.46. The van der Waals surface area contributed by atoms with Crippen LogP contribution in [0.2, 0.25) is 0 Å². The Morgan fingerprint density at radius 3 is 1.95 bits per heavy atom. The summed E-state index contributed by atoms with van der Waals surface area (Å²) in [6.07, 6.45) is 0. The van der Waals surface area contributed by atoms with E-state index < -0.39 is 0 Å². The van der Waals surface area contributed by atoms with E-state index in [1.807, 2.05) is 24.3 Å². The molecule has 0 unspecified atom stereocenters. The first-order valence-corrected chi connectivity index (χ1v) is 6.73. The summed E-state index contributed by atoms with van der Waals surface area (Å²) in [6, 6.07) is 14.6. The van der Waals surface area contributed by atoms with Crippen molar-refractivity contribution in [1.82, 2.24) is 4.90 Å². The third kappa shape index (κ3) is 2.34. The Labute approximate surface area is 123 Å². The van der Waals surface area contributed by atoms with Gasteiger partial charge in [-0.3, -0.25) is 14.5 Å². The second kappa shape index (κ2) is 5.50. The molecule has 0 radical (unpaired) electrons. The molecule has 1 aliphatic rings. The summed E-state index contributed by atoms with van der Waals surface area (Å²) >= 11 is 0. The van der Waals surface area contributed by atoms with Crippen molar-refractivity contribution in [1.29, 1.82) is 0 Å². The lowest BCUT2D eigenvalue weighted by atomic mass is 10.1. The van der Waals surface area contributed by atoms with E-state index in [1.165, 1.54) is 4.90 Å². The summed E-state index contributed by atoms with van der Waals surface area (Å²) in [7, 11) is 1.62. The molecule has 4 heteroatoms. The van der Waals surface area contributed by atoms with E-state index in [-0.39, 0.29) is 18.4 Å². The summed E-state index contributed by atoms with van der Waals surface area (Å²) in [5.74, 6) is -0.467. The van der Waals surface area contributed by atoms with E-state index in [2.05, 4.69) is 0 Å². The fraction of sp³-hybridized carbons (Fsp3) is 0.176. The number of rotatable bonds is 4. The lowest BCUT2D eigenvalue weighted by molar-refractivity contribution is 0.0641. The summed E-state index contributed by atoms with van der Waals surface area (Å²) in [6.45, 7) is 0.727. The molecule has 0 saturated heterocycles. The molecule has 2 aromatic carbocycles. The molecule has 1 aliphatic heterocycles. The highest BCUT2D eigenvalue weighted by molar-refractivity contribution is 6.21. The van der Waals surface area contributed by atoms with Gasteiger partial charge in [0.25, 0.3) is 11.8 Å². The Kier molecular flexibility index (Phi) is 3.54. The van der Waals surface area contributed by atoms with Crippen molar-refractivity contribution >= 4 is 11.8 Å². The average Bonchev–Trinajstić information content (AvgIpc) is 2.75. The minimum absolute atomic E-state index is 0.234. The number of benzene rings is 2. The highest BCUT2D eigenvalue weighted by atomic mass is 16.5. The number of fused-ring (bicyclic) bond motifs is 1. The molecule has 0 saturated carbocycles. The van der Waals surface area contributed by atoms with Crippen LogP contribution in [0.1, 0.15) is 31.8 Å². The van der Waals surface area contributed by atoms with Gasteiger partial charge in [0.15, 0.2) is 0 Å². The Bertz CT molecular complexity index is 674. The molecule has 0 aliphatic carbocycles. The van der Waals surface area contributed by atoms with Crippen LogP contribution in [0.25, 0.3) is 0 Å². The van der Waals surface area contributed by atoms with Gasteiger partial charge < -0.3 is 4.74 Å². The van der Waals surface area contributed by atoms with E-state index in [0.717, 1.165) is 11.1 Å². The summed E-state index contributed by atoms with van der Waals surface area (Å²) < 4.78 is 5.16. The number of nitrogens with zero attached hydrogens (tertiary/aromatic N) is 1. The maximum atomic E-state index is 12.4. The van der Waals surface area contributed by atoms with E-state index in [4.69, 9.17) is 4.74 Å². The van der Waals surface area contributed by atoms with Crippen molar-refractivity contribution in [2.24, 2.45) is 0 Å². The zero-order valence-electron chi connectivity index (χ0n) is 11.7. The van der Waals surface area contributed by atoms with Crippen LogP contribution in [0.3, 0.4) is 0 Å². The van der Waals surface area contributed by atoms with Gasteiger partial charge in [0, 0.05) is 7.11 Å². The minimum atomic E-state index is -0.234. The van der Waals surface area contributed by atoms with E-state index >= 15 is 0 Å². The third-order valence-electron chi connectivity index (χ3n) is 3.62. The molecule has 2 amide bonds. The number of ether oxygens (including phenoxy) is 1. The fourth-order valence-electron chi connectivity index (χ4n) is 2.56. The van der Waals surface area contributed by atoms with Crippen LogP contribution < -0.4 is 0 Å². The van der Waals surface area contributed by atoms with Gasteiger partial charge in [-0.15, -0.1) is 0 Å². The maximum absolute atomic E-state index is 12.4. The monoisotopic (exact) mass is 281 g/mol. The van der Waals surface area contributed by atoms with Gasteiger partial charge in [-0.25, -0.2) is 0 Å². The molecule has 2 aromatic rings. The van der Waals surface area contributed by atoms with Crippen LogP contribution in [0.5, 0.6) is 0 Å². The normalized spacial score (nSPS) is 13.7. The molecule has 0 fully saturated rings. The molecule has 0 N–H and O–H groups in total. The minimum Gasteiger partial charge on any atom is -0.380 e. The summed E-state index contributed by atoms with van der Waals surface area (Å²) in [5, 5.41) is 0. The van der Waals surface area contributed by atoms with Gasteiger partial charge in [0.1, 0.15) is 0 Å². The number of carbonyl (C=O) groups excluding carboxylic acids is 2. The Balaban J connectivity index is 1.91. The Morgan fingerprint density at radius 1 is 0.857 bits per heavy atom. The van der Waals surface area contributed by atoms with Crippen LogP contribution in [0.4, 0.5) is 0 Å². The van der Waals surface area contributed by atoms with Crippen LogP contribution in [0.15, 0.2) is 48.5 Å². The van der Waals surface area contributed by atoms with Crippen molar-refractivity contribution in [2.75, 3.05) is 7.11 Å². The smallest absolute Gasteiger partial charge is 0.261 e. The summed E-state index contributed by atoms with van der Waals surface area (Å²) in [5.41, 5.74) is 2.86. The largest absolute Gasteiger partial charge is 0.380 e. The first-order valence-electron chi connectivity index (χ1n) is 6.73. The van der Waals surface area contributed by atoms with Crippen molar-refractivity contribution in [3.8, 4) is 0 Å². The molecular formula is C17H15NO3. The van der Waals surface area contributed by atoms with Crippen molar-refractivity contribution in [2.45, 2.75) is 13.2 Å². The van der Waals surface area contributed by atoms with E-state index in [9.17, 15) is 9.59 Å². The predicted molar refractivity (Wildman–Crippen MR) is 77.8 cm³/mol. The number of hydrogen-bond acceptors (Lipinski definition) is 3. The predicted octanol–water partition coefficient (Wildman–Crippen LogP) is 2.63. The lowest BCUT2D eigenvalue weighted by Crippen LogP contribution is -2.29. The standard InChI is InChI=1S/C17H15NO3/c1-21-11-13-7-3-2-6-12(13)10-18-16(19)14-8-4-5-9-15(14)17(18)20/h2-9H,10-11H2,1H3. The van der Waals surface area contributed by atoms with Crippen LogP contribution in [-0.4, -0.2) is 23.8 Å². The quantitative estimate of drug-likeness (QED) is 0.809. The number of hydrogen-bond donors (Lipinski definition) is 0. The molecule has 1 heterocycles. The molecule has 0 spiro atoms. The molecule has 0 bridgehead atoms. The van der Waals surface area contributed by atoms with Gasteiger partial charge in [-0.1, -0.05) is 36.4 Å².